The molecule has 0 bridgehead atoms. The summed E-state index contributed by atoms with van der Waals surface area (Å²) in [4.78, 5) is 12.6. The number of carbonyl (C=O) groups is 1. The van der Waals surface area contributed by atoms with Crippen molar-refractivity contribution in [3.8, 4) is 17.0 Å². The maximum Gasteiger partial charge on any atom is 0.168 e. The van der Waals surface area contributed by atoms with E-state index in [1.54, 1.807) is 0 Å². The predicted molar refractivity (Wildman–Crippen MR) is 86.8 cm³/mol. The Hall–Kier alpha value is -1.74. The number of nitrogens with zero attached hydrogens (tertiary/aromatic N) is 1. The first kappa shape index (κ1) is 13.9. The van der Waals surface area contributed by atoms with Gasteiger partial charge in [0.05, 0.1) is 17.3 Å². The average Bonchev–Trinajstić information content (AvgIpc) is 3.27. The van der Waals surface area contributed by atoms with Gasteiger partial charge in [-0.2, -0.15) is 0 Å². The highest BCUT2D eigenvalue weighted by Gasteiger charge is 2.34. The Bertz CT molecular complexity index is 759. The number of ketones is 1. The number of aryl methyl sites for hydroxylation is 2. The van der Waals surface area contributed by atoms with Gasteiger partial charge in [0.2, 0.25) is 0 Å². The normalized spacial score (nSPS) is 16.1. The topological polar surface area (TPSA) is 31.2 Å². The third kappa shape index (κ3) is 2.15. The van der Waals surface area contributed by atoms with Gasteiger partial charge in [-0.25, -0.2) is 0 Å². The zero-order valence-electron chi connectivity index (χ0n) is 12.6. The second kappa shape index (κ2) is 5.17. The Morgan fingerprint density at radius 1 is 1.41 bits per heavy atom. The molecule has 4 heteroatoms. The third-order valence-corrected chi connectivity index (χ3v) is 4.81. The summed E-state index contributed by atoms with van der Waals surface area (Å²) in [5, 5.41) is 0.649. The number of rotatable bonds is 4. The largest absolute Gasteiger partial charge is 0.492 e. The average molecular weight is 316 g/mol. The molecule has 0 saturated heterocycles. The summed E-state index contributed by atoms with van der Waals surface area (Å²) in [6.07, 6.45) is 5.02. The fourth-order valence-electron chi connectivity index (χ4n) is 3.25. The molecule has 0 atom stereocenters. The first-order valence-corrected chi connectivity index (χ1v) is 8.25. The third-order valence-electron chi connectivity index (χ3n) is 4.51. The summed E-state index contributed by atoms with van der Waals surface area (Å²) in [5.74, 6) is 1.22. The van der Waals surface area contributed by atoms with Crippen LogP contribution in [0.25, 0.3) is 11.3 Å². The van der Waals surface area contributed by atoms with E-state index in [1.165, 1.54) is 5.56 Å². The van der Waals surface area contributed by atoms with Gasteiger partial charge in [0.1, 0.15) is 5.75 Å². The van der Waals surface area contributed by atoms with E-state index >= 15 is 0 Å². The number of Topliss-reactive ketones (excluding diaryl/α,β-unsaturated/α-hetero) is 1. The highest BCUT2D eigenvalue weighted by molar-refractivity contribution is 6.32. The molecule has 0 amide bonds. The van der Waals surface area contributed by atoms with E-state index in [-0.39, 0.29) is 11.7 Å². The predicted octanol–water partition coefficient (Wildman–Crippen LogP) is 4.36. The van der Waals surface area contributed by atoms with Gasteiger partial charge < -0.3 is 9.30 Å². The molecule has 0 spiro atoms. The fraction of sp³-hybridized carbons (Fsp3) is 0.389. The number of benzene rings is 1. The van der Waals surface area contributed by atoms with E-state index in [1.807, 2.05) is 31.3 Å². The molecule has 1 aliphatic carbocycles. The Morgan fingerprint density at radius 3 is 2.95 bits per heavy atom. The lowest BCUT2D eigenvalue weighted by molar-refractivity contribution is 0.0968. The van der Waals surface area contributed by atoms with E-state index in [9.17, 15) is 4.79 Å². The second-order valence-electron chi connectivity index (χ2n) is 6.03. The Kier molecular flexibility index (Phi) is 3.26. The van der Waals surface area contributed by atoms with Gasteiger partial charge in [-0.05, 0) is 49.9 Å². The standard InChI is InChI=1S/C18H18ClNO2/c1-2-22-16-10-14-12(9-15(16)19)5-7-20-8-6-13(17(14)20)18(21)11-3-4-11/h6,8-11H,2-5,7H2,1H3. The quantitative estimate of drug-likeness (QED) is 0.785. The van der Waals surface area contributed by atoms with E-state index < -0.39 is 0 Å². The SMILES string of the molecule is CCOc1cc2c(cc1Cl)CCn1ccc(C(=O)C3CC3)c1-2. The number of hydrogen-bond donors (Lipinski definition) is 0. The van der Waals surface area contributed by atoms with Crippen molar-refractivity contribution < 1.29 is 9.53 Å². The van der Waals surface area contributed by atoms with E-state index in [2.05, 4.69) is 4.57 Å². The number of hydrogen-bond acceptors (Lipinski definition) is 2. The summed E-state index contributed by atoms with van der Waals surface area (Å²) < 4.78 is 7.81. The van der Waals surface area contributed by atoms with Crippen LogP contribution in [0.15, 0.2) is 24.4 Å². The molecular formula is C18H18ClNO2. The van der Waals surface area contributed by atoms with Gasteiger partial charge in [0.15, 0.2) is 5.78 Å². The van der Waals surface area contributed by atoms with Crippen molar-refractivity contribution >= 4 is 17.4 Å². The van der Waals surface area contributed by atoms with Gasteiger partial charge in [-0.1, -0.05) is 11.6 Å². The molecule has 0 N–H and O–H groups in total. The van der Waals surface area contributed by atoms with Crippen LogP contribution in [0.4, 0.5) is 0 Å². The van der Waals surface area contributed by atoms with Gasteiger partial charge in [-0.15, -0.1) is 0 Å². The lowest BCUT2D eigenvalue weighted by Crippen LogP contribution is -2.13. The minimum absolute atomic E-state index is 0.233. The van der Waals surface area contributed by atoms with Crippen molar-refractivity contribution in [2.24, 2.45) is 5.92 Å². The second-order valence-corrected chi connectivity index (χ2v) is 6.44. The molecule has 0 unspecified atom stereocenters. The zero-order valence-corrected chi connectivity index (χ0v) is 13.3. The summed E-state index contributed by atoms with van der Waals surface area (Å²) >= 11 is 6.31. The van der Waals surface area contributed by atoms with Crippen LogP contribution >= 0.6 is 11.6 Å². The molecule has 22 heavy (non-hydrogen) atoms. The number of carbonyl (C=O) groups excluding carboxylic acids is 1. The zero-order chi connectivity index (χ0) is 15.3. The number of fused-ring (bicyclic) bond motifs is 3. The van der Waals surface area contributed by atoms with Crippen LogP contribution in [-0.4, -0.2) is 17.0 Å². The van der Waals surface area contributed by atoms with Crippen LogP contribution in [0.2, 0.25) is 5.02 Å². The molecule has 0 radical (unpaired) electrons. The number of aromatic nitrogens is 1. The molecule has 114 valence electrons. The minimum Gasteiger partial charge on any atom is -0.492 e. The molecule has 3 nitrogen and oxygen atoms in total. The van der Waals surface area contributed by atoms with Crippen LogP contribution < -0.4 is 4.74 Å². The molecule has 1 saturated carbocycles. The van der Waals surface area contributed by atoms with Crippen molar-refractivity contribution in [1.29, 1.82) is 0 Å². The Labute approximate surface area is 134 Å². The lowest BCUT2D eigenvalue weighted by atomic mass is 9.94. The van der Waals surface area contributed by atoms with Gasteiger partial charge in [-0.3, -0.25) is 4.79 Å². The maximum absolute atomic E-state index is 12.6. The van der Waals surface area contributed by atoms with Crippen LogP contribution in [0, 0.1) is 5.92 Å². The fourth-order valence-corrected chi connectivity index (χ4v) is 3.49. The van der Waals surface area contributed by atoms with E-state index in [4.69, 9.17) is 16.3 Å². The lowest BCUT2D eigenvalue weighted by Gasteiger charge is -2.22. The van der Waals surface area contributed by atoms with Crippen LogP contribution in [0.1, 0.15) is 35.7 Å². The Morgan fingerprint density at radius 2 is 2.23 bits per heavy atom. The molecule has 2 heterocycles. The van der Waals surface area contributed by atoms with Gasteiger partial charge in [0.25, 0.3) is 0 Å². The molecule has 1 fully saturated rings. The number of halogens is 1. The van der Waals surface area contributed by atoms with Crippen molar-refractivity contribution in [3.63, 3.8) is 0 Å². The molecule has 1 aromatic heterocycles. The van der Waals surface area contributed by atoms with E-state index in [0.717, 1.165) is 42.6 Å². The van der Waals surface area contributed by atoms with Crippen LogP contribution in [-0.2, 0) is 13.0 Å². The van der Waals surface area contributed by atoms with Crippen LogP contribution in [0.3, 0.4) is 0 Å². The molecule has 1 aromatic carbocycles. The summed E-state index contributed by atoms with van der Waals surface area (Å²) in [6.45, 7) is 3.42. The van der Waals surface area contributed by atoms with E-state index in [0.29, 0.717) is 17.4 Å². The first-order valence-electron chi connectivity index (χ1n) is 7.88. The van der Waals surface area contributed by atoms with Crippen LogP contribution in [0.5, 0.6) is 5.75 Å². The highest BCUT2D eigenvalue weighted by atomic mass is 35.5. The van der Waals surface area contributed by atoms with Crippen molar-refractivity contribution in [2.45, 2.75) is 32.7 Å². The van der Waals surface area contributed by atoms with Crippen molar-refractivity contribution in [2.75, 3.05) is 6.61 Å². The van der Waals surface area contributed by atoms with Crippen molar-refractivity contribution in [1.82, 2.24) is 4.57 Å². The Balaban J connectivity index is 1.86. The smallest absolute Gasteiger partial charge is 0.168 e. The first-order chi connectivity index (χ1) is 10.7. The summed E-state index contributed by atoms with van der Waals surface area (Å²) in [6, 6.07) is 5.96. The summed E-state index contributed by atoms with van der Waals surface area (Å²) in [5.41, 5.74) is 4.18. The van der Waals surface area contributed by atoms with Crippen molar-refractivity contribution in [3.05, 3.63) is 40.5 Å². The van der Waals surface area contributed by atoms with Gasteiger partial charge >= 0.3 is 0 Å². The molecular weight excluding hydrogens is 298 g/mol. The number of ether oxygens (including phenoxy) is 1. The minimum atomic E-state index is 0.233. The monoisotopic (exact) mass is 315 g/mol. The maximum atomic E-state index is 12.6. The highest BCUT2D eigenvalue weighted by Crippen LogP contribution is 2.41. The summed E-state index contributed by atoms with van der Waals surface area (Å²) in [7, 11) is 0. The molecule has 4 rings (SSSR count). The molecule has 1 aliphatic heterocycles. The van der Waals surface area contributed by atoms with Gasteiger partial charge in [0, 0.05) is 29.8 Å². The molecule has 2 aromatic rings. The molecule has 2 aliphatic rings.